The number of hydrogen-bond donors (Lipinski definition) is 1. The number of rotatable bonds is 2. The lowest BCUT2D eigenvalue weighted by atomic mass is 10.1. The SMILES string of the molecule is CC(C)(C)OC(=O)NC1CN(c2ccc(C#N)cc2)C1. The fourth-order valence-corrected chi connectivity index (χ4v) is 2.00. The van der Waals surface area contributed by atoms with Gasteiger partial charge in [-0.25, -0.2) is 4.79 Å². The van der Waals surface area contributed by atoms with E-state index >= 15 is 0 Å². The van der Waals surface area contributed by atoms with Crippen LogP contribution in [0, 0.1) is 11.3 Å². The molecule has 5 heteroatoms. The number of benzene rings is 1. The number of hydrogen-bond acceptors (Lipinski definition) is 4. The molecule has 0 bridgehead atoms. The Bertz CT molecular complexity index is 520. The summed E-state index contributed by atoms with van der Waals surface area (Å²) in [6.45, 7) is 7.04. The average molecular weight is 273 g/mol. The first kappa shape index (κ1) is 14.2. The van der Waals surface area contributed by atoms with Crippen LogP contribution in [0.5, 0.6) is 0 Å². The fraction of sp³-hybridized carbons (Fsp3) is 0.467. The molecule has 0 aliphatic carbocycles. The highest BCUT2D eigenvalue weighted by molar-refractivity contribution is 5.69. The van der Waals surface area contributed by atoms with Crippen molar-refractivity contribution in [2.75, 3.05) is 18.0 Å². The minimum atomic E-state index is -0.472. The zero-order valence-corrected chi connectivity index (χ0v) is 12.0. The Morgan fingerprint density at radius 3 is 2.45 bits per heavy atom. The fourth-order valence-electron chi connectivity index (χ4n) is 2.00. The van der Waals surface area contributed by atoms with Crippen LogP contribution in [0.2, 0.25) is 0 Å². The third kappa shape index (κ3) is 3.64. The van der Waals surface area contributed by atoms with E-state index < -0.39 is 5.60 Å². The minimum Gasteiger partial charge on any atom is -0.444 e. The van der Waals surface area contributed by atoms with Crippen molar-refractivity contribution in [3.8, 4) is 6.07 Å². The smallest absolute Gasteiger partial charge is 0.407 e. The van der Waals surface area contributed by atoms with Crippen molar-refractivity contribution in [1.29, 1.82) is 5.26 Å². The Kier molecular flexibility index (Phi) is 3.84. The topological polar surface area (TPSA) is 65.4 Å². The highest BCUT2D eigenvalue weighted by atomic mass is 16.6. The van der Waals surface area contributed by atoms with E-state index in [2.05, 4.69) is 16.3 Å². The molecule has 0 aromatic heterocycles. The maximum Gasteiger partial charge on any atom is 0.407 e. The number of nitrogens with zero attached hydrogens (tertiary/aromatic N) is 2. The second kappa shape index (κ2) is 5.41. The molecule has 2 rings (SSSR count). The largest absolute Gasteiger partial charge is 0.444 e. The summed E-state index contributed by atoms with van der Waals surface area (Å²) in [4.78, 5) is 13.7. The maximum atomic E-state index is 11.6. The highest BCUT2D eigenvalue weighted by Gasteiger charge is 2.29. The Balaban J connectivity index is 1.79. The van der Waals surface area contributed by atoms with E-state index in [1.807, 2.05) is 32.9 Å². The van der Waals surface area contributed by atoms with E-state index in [0.29, 0.717) is 5.56 Å². The molecule has 1 heterocycles. The molecule has 1 aliphatic rings. The summed E-state index contributed by atoms with van der Waals surface area (Å²) in [5.41, 5.74) is 1.24. The third-order valence-electron chi connectivity index (χ3n) is 2.96. The molecule has 1 aromatic rings. The van der Waals surface area contributed by atoms with Gasteiger partial charge in [0.2, 0.25) is 0 Å². The number of carbonyl (C=O) groups excluding carboxylic acids is 1. The van der Waals surface area contributed by atoms with Crippen LogP contribution in [0.15, 0.2) is 24.3 Å². The molecule has 106 valence electrons. The molecule has 1 amide bonds. The third-order valence-corrected chi connectivity index (χ3v) is 2.96. The van der Waals surface area contributed by atoms with Crippen LogP contribution in [0.3, 0.4) is 0 Å². The second-order valence-electron chi connectivity index (χ2n) is 5.91. The number of nitriles is 1. The lowest BCUT2D eigenvalue weighted by Gasteiger charge is -2.41. The van der Waals surface area contributed by atoms with Crippen molar-refractivity contribution in [3.05, 3.63) is 29.8 Å². The van der Waals surface area contributed by atoms with Crippen molar-refractivity contribution < 1.29 is 9.53 Å². The molecule has 0 saturated carbocycles. The van der Waals surface area contributed by atoms with Crippen LogP contribution < -0.4 is 10.2 Å². The molecular formula is C15H19N3O2. The molecule has 0 unspecified atom stereocenters. The van der Waals surface area contributed by atoms with Gasteiger partial charge in [0.25, 0.3) is 0 Å². The van der Waals surface area contributed by atoms with Gasteiger partial charge in [-0.15, -0.1) is 0 Å². The van der Waals surface area contributed by atoms with Crippen LogP contribution in [0.1, 0.15) is 26.3 Å². The normalized spacial score (nSPS) is 15.2. The van der Waals surface area contributed by atoms with E-state index in [0.717, 1.165) is 18.8 Å². The van der Waals surface area contributed by atoms with Crippen LogP contribution >= 0.6 is 0 Å². The second-order valence-corrected chi connectivity index (χ2v) is 5.91. The van der Waals surface area contributed by atoms with Crippen molar-refractivity contribution in [3.63, 3.8) is 0 Å². The first-order chi connectivity index (χ1) is 9.37. The molecule has 1 N–H and O–H groups in total. The first-order valence-corrected chi connectivity index (χ1v) is 6.62. The molecule has 1 fully saturated rings. The molecule has 1 aromatic carbocycles. The molecule has 0 spiro atoms. The number of anilines is 1. The highest BCUT2D eigenvalue weighted by Crippen LogP contribution is 2.21. The van der Waals surface area contributed by atoms with Crippen molar-refractivity contribution in [1.82, 2.24) is 5.32 Å². The first-order valence-electron chi connectivity index (χ1n) is 6.62. The molecule has 5 nitrogen and oxygen atoms in total. The van der Waals surface area contributed by atoms with Crippen molar-refractivity contribution >= 4 is 11.8 Å². The van der Waals surface area contributed by atoms with Gasteiger partial charge in [0, 0.05) is 18.8 Å². The van der Waals surface area contributed by atoms with Gasteiger partial charge in [0.05, 0.1) is 17.7 Å². The van der Waals surface area contributed by atoms with E-state index in [4.69, 9.17) is 10.00 Å². The number of alkyl carbamates (subject to hydrolysis) is 1. The summed E-state index contributed by atoms with van der Waals surface area (Å²) in [5.74, 6) is 0. The molecule has 1 saturated heterocycles. The number of nitrogens with one attached hydrogen (secondary N) is 1. The van der Waals surface area contributed by atoms with Crippen LogP contribution in [0.25, 0.3) is 0 Å². The quantitative estimate of drug-likeness (QED) is 0.897. The van der Waals surface area contributed by atoms with Crippen LogP contribution in [-0.2, 0) is 4.74 Å². The van der Waals surface area contributed by atoms with Gasteiger partial charge in [-0.05, 0) is 45.0 Å². The minimum absolute atomic E-state index is 0.112. The Labute approximate surface area is 119 Å². The zero-order valence-electron chi connectivity index (χ0n) is 12.0. The summed E-state index contributed by atoms with van der Waals surface area (Å²) in [6.07, 6.45) is -0.373. The predicted octanol–water partition coefficient (Wildman–Crippen LogP) is 2.27. The monoisotopic (exact) mass is 273 g/mol. The number of ether oxygens (including phenoxy) is 1. The maximum absolute atomic E-state index is 11.6. The van der Waals surface area contributed by atoms with Gasteiger partial charge >= 0.3 is 6.09 Å². The van der Waals surface area contributed by atoms with Crippen molar-refractivity contribution in [2.45, 2.75) is 32.4 Å². The Hall–Kier alpha value is -2.22. The van der Waals surface area contributed by atoms with Crippen LogP contribution in [0.4, 0.5) is 10.5 Å². The number of amides is 1. The van der Waals surface area contributed by atoms with Gasteiger partial charge in [0.1, 0.15) is 5.60 Å². The molecule has 1 aliphatic heterocycles. The Morgan fingerprint density at radius 2 is 1.95 bits per heavy atom. The van der Waals surface area contributed by atoms with Crippen molar-refractivity contribution in [2.24, 2.45) is 0 Å². The van der Waals surface area contributed by atoms with Gasteiger partial charge in [-0.3, -0.25) is 0 Å². The van der Waals surface area contributed by atoms with E-state index in [-0.39, 0.29) is 12.1 Å². The van der Waals surface area contributed by atoms with Gasteiger partial charge in [0.15, 0.2) is 0 Å². The van der Waals surface area contributed by atoms with Gasteiger partial charge < -0.3 is 15.0 Å². The van der Waals surface area contributed by atoms with Crippen LogP contribution in [-0.4, -0.2) is 30.8 Å². The standard InChI is InChI=1S/C15H19N3O2/c1-15(2,3)20-14(19)17-12-9-18(10-12)13-6-4-11(8-16)5-7-13/h4-7,12H,9-10H2,1-3H3,(H,17,19). The van der Waals surface area contributed by atoms with E-state index in [1.54, 1.807) is 12.1 Å². The summed E-state index contributed by atoms with van der Waals surface area (Å²) < 4.78 is 5.21. The Morgan fingerprint density at radius 1 is 1.35 bits per heavy atom. The van der Waals surface area contributed by atoms with Gasteiger partial charge in [-0.2, -0.15) is 5.26 Å². The summed E-state index contributed by atoms with van der Waals surface area (Å²) in [6, 6.07) is 9.63. The molecular weight excluding hydrogens is 254 g/mol. The van der Waals surface area contributed by atoms with E-state index in [9.17, 15) is 4.79 Å². The lowest BCUT2D eigenvalue weighted by molar-refractivity contribution is 0.0496. The summed E-state index contributed by atoms with van der Waals surface area (Å²) >= 11 is 0. The molecule has 0 atom stereocenters. The lowest BCUT2D eigenvalue weighted by Crippen LogP contribution is -2.60. The average Bonchev–Trinajstić information content (AvgIpc) is 2.31. The molecule has 20 heavy (non-hydrogen) atoms. The summed E-state index contributed by atoms with van der Waals surface area (Å²) in [5, 5.41) is 11.6. The van der Waals surface area contributed by atoms with Gasteiger partial charge in [-0.1, -0.05) is 0 Å². The zero-order chi connectivity index (χ0) is 14.8. The molecule has 0 radical (unpaired) electrons. The predicted molar refractivity (Wildman–Crippen MR) is 76.5 cm³/mol. The number of carbonyl (C=O) groups is 1. The summed E-state index contributed by atoms with van der Waals surface area (Å²) in [7, 11) is 0. The van der Waals surface area contributed by atoms with E-state index in [1.165, 1.54) is 0 Å².